The minimum absolute atomic E-state index is 0.182. The molecule has 5 N–H and O–H groups in total. The van der Waals surface area contributed by atoms with Gasteiger partial charge < -0.3 is 16.2 Å². The van der Waals surface area contributed by atoms with Crippen molar-refractivity contribution in [1.29, 1.82) is 0 Å². The monoisotopic (exact) mass is 260 g/mol. The Balaban J connectivity index is 1.72. The van der Waals surface area contributed by atoms with E-state index in [9.17, 15) is 5.11 Å². The molecular formula is C14H20N4O. The van der Waals surface area contributed by atoms with E-state index in [2.05, 4.69) is 15.5 Å². The molecule has 102 valence electrons. The Bertz CT molecular complexity index is 566. The van der Waals surface area contributed by atoms with Crippen molar-refractivity contribution in [3.05, 3.63) is 18.3 Å². The van der Waals surface area contributed by atoms with Crippen LogP contribution in [0.3, 0.4) is 0 Å². The predicted molar refractivity (Wildman–Crippen MR) is 77.0 cm³/mol. The molecule has 3 rings (SSSR count). The molecule has 2 aromatic rings. The number of nitrogens with zero attached hydrogens (tertiary/aromatic N) is 1. The fourth-order valence-corrected chi connectivity index (χ4v) is 2.83. The topological polar surface area (TPSA) is 87.0 Å². The largest absolute Gasteiger partial charge is 0.397 e. The minimum atomic E-state index is -0.182. The predicted octanol–water partition coefficient (Wildman–Crippen LogP) is 2.11. The number of H-pyrrole nitrogens is 1. The Labute approximate surface area is 112 Å². The van der Waals surface area contributed by atoms with E-state index >= 15 is 0 Å². The number of anilines is 2. The van der Waals surface area contributed by atoms with Crippen molar-refractivity contribution in [2.45, 2.75) is 31.8 Å². The Kier molecular flexibility index (Phi) is 3.29. The molecule has 2 unspecified atom stereocenters. The van der Waals surface area contributed by atoms with E-state index < -0.39 is 0 Å². The van der Waals surface area contributed by atoms with E-state index in [0.29, 0.717) is 5.92 Å². The summed E-state index contributed by atoms with van der Waals surface area (Å²) in [5, 5.41) is 21.3. The Morgan fingerprint density at radius 1 is 1.37 bits per heavy atom. The second-order valence-electron chi connectivity index (χ2n) is 5.39. The van der Waals surface area contributed by atoms with Crippen molar-refractivity contribution < 1.29 is 5.11 Å². The standard InChI is InChI=1S/C14H20N4O/c15-11-5-10-8-17-18-12(10)6-13(11)16-7-9-3-1-2-4-14(9)19/h5-6,8-9,14,16,19H,1-4,7,15H2,(H,17,18). The quantitative estimate of drug-likeness (QED) is 0.637. The van der Waals surface area contributed by atoms with Crippen LogP contribution in [0, 0.1) is 5.92 Å². The summed E-state index contributed by atoms with van der Waals surface area (Å²) in [7, 11) is 0. The zero-order chi connectivity index (χ0) is 13.2. The van der Waals surface area contributed by atoms with Gasteiger partial charge in [-0.25, -0.2) is 0 Å². The lowest BCUT2D eigenvalue weighted by atomic mass is 9.86. The number of fused-ring (bicyclic) bond motifs is 1. The molecule has 0 bridgehead atoms. The van der Waals surface area contributed by atoms with Crippen molar-refractivity contribution in [3.8, 4) is 0 Å². The van der Waals surface area contributed by atoms with Gasteiger partial charge in [0.05, 0.1) is 29.2 Å². The second kappa shape index (κ2) is 5.09. The van der Waals surface area contributed by atoms with Crippen LogP contribution >= 0.6 is 0 Å². The lowest BCUT2D eigenvalue weighted by Gasteiger charge is -2.28. The van der Waals surface area contributed by atoms with Gasteiger partial charge in [-0.2, -0.15) is 5.10 Å². The van der Waals surface area contributed by atoms with Crippen LogP contribution in [0.2, 0.25) is 0 Å². The molecule has 19 heavy (non-hydrogen) atoms. The molecule has 1 aromatic carbocycles. The van der Waals surface area contributed by atoms with Gasteiger partial charge in [-0.3, -0.25) is 5.10 Å². The number of aromatic nitrogens is 2. The molecule has 1 saturated carbocycles. The Morgan fingerprint density at radius 3 is 3.05 bits per heavy atom. The third-order valence-electron chi connectivity index (χ3n) is 4.03. The molecule has 2 atom stereocenters. The number of benzene rings is 1. The molecule has 5 nitrogen and oxygen atoms in total. The summed E-state index contributed by atoms with van der Waals surface area (Å²) in [5.41, 5.74) is 8.64. The van der Waals surface area contributed by atoms with E-state index in [4.69, 9.17) is 5.73 Å². The van der Waals surface area contributed by atoms with Gasteiger partial charge in [0.1, 0.15) is 0 Å². The molecule has 1 fully saturated rings. The smallest absolute Gasteiger partial charge is 0.0672 e. The number of hydrogen-bond donors (Lipinski definition) is 4. The van der Waals surface area contributed by atoms with Gasteiger partial charge in [-0.05, 0) is 25.0 Å². The van der Waals surface area contributed by atoms with Crippen LogP contribution in [0.5, 0.6) is 0 Å². The number of nitrogens with two attached hydrogens (primary N) is 1. The lowest BCUT2D eigenvalue weighted by molar-refractivity contribution is 0.0763. The number of aromatic amines is 1. The average molecular weight is 260 g/mol. The maximum Gasteiger partial charge on any atom is 0.0672 e. The summed E-state index contributed by atoms with van der Waals surface area (Å²) < 4.78 is 0. The van der Waals surface area contributed by atoms with Gasteiger partial charge in [-0.1, -0.05) is 12.8 Å². The molecular weight excluding hydrogens is 240 g/mol. The van der Waals surface area contributed by atoms with Crippen LogP contribution in [0.25, 0.3) is 10.9 Å². The number of aliphatic hydroxyl groups excluding tert-OH is 1. The van der Waals surface area contributed by atoms with Crippen molar-refractivity contribution in [2.24, 2.45) is 5.92 Å². The van der Waals surface area contributed by atoms with Crippen LogP contribution in [0.15, 0.2) is 18.3 Å². The van der Waals surface area contributed by atoms with Crippen LogP contribution in [-0.4, -0.2) is 28.0 Å². The molecule has 5 heteroatoms. The highest BCUT2D eigenvalue weighted by atomic mass is 16.3. The van der Waals surface area contributed by atoms with Gasteiger partial charge >= 0.3 is 0 Å². The highest BCUT2D eigenvalue weighted by molar-refractivity contribution is 5.88. The molecule has 1 aliphatic rings. The number of aliphatic hydroxyl groups is 1. The van der Waals surface area contributed by atoms with Crippen LogP contribution in [0.4, 0.5) is 11.4 Å². The van der Waals surface area contributed by atoms with E-state index in [-0.39, 0.29) is 6.10 Å². The highest BCUT2D eigenvalue weighted by Crippen LogP contribution is 2.28. The summed E-state index contributed by atoms with van der Waals surface area (Å²) in [6.45, 7) is 0.769. The molecule has 0 saturated heterocycles. The maximum absolute atomic E-state index is 9.97. The molecule has 1 aliphatic carbocycles. The summed E-state index contributed by atoms with van der Waals surface area (Å²) in [4.78, 5) is 0. The fraction of sp³-hybridized carbons (Fsp3) is 0.500. The number of nitrogens with one attached hydrogen (secondary N) is 2. The summed E-state index contributed by atoms with van der Waals surface area (Å²) in [6.07, 6.45) is 5.93. The zero-order valence-electron chi connectivity index (χ0n) is 10.9. The van der Waals surface area contributed by atoms with Gasteiger partial charge in [0.25, 0.3) is 0 Å². The van der Waals surface area contributed by atoms with Gasteiger partial charge in [0.15, 0.2) is 0 Å². The Morgan fingerprint density at radius 2 is 2.21 bits per heavy atom. The highest BCUT2D eigenvalue weighted by Gasteiger charge is 2.22. The normalized spacial score (nSPS) is 23.6. The summed E-state index contributed by atoms with van der Waals surface area (Å²) >= 11 is 0. The molecule has 0 amide bonds. The van der Waals surface area contributed by atoms with Crippen molar-refractivity contribution in [3.63, 3.8) is 0 Å². The van der Waals surface area contributed by atoms with E-state index in [1.165, 1.54) is 6.42 Å². The summed E-state index contributed by atoms with van der Waals surface area (Å²) in [6, 6.07) is 3.89. The van der Waals surface area contributed by atoms with Crippen molar-refractivity contribution in [1.82, 2.24) is 10.2 Å². The number of nitrogen functional groups attached to an aromatic ring is 1. The average Bonchev–Trinajstić information content (AvgIpc) is 2.84. The first-order valence-corrected chi connectivity index (χ1v) is 6.88. The molecule has 0 aliphatic heterocycles. The van der Waals surface area contributed by atoms with Crippen LogP contribution < -0.4 is 11.1 Å². The minimum Gasteiger partial charge on any atom is -0.397 e. The number of rotatable bonds is 3. The molecule has 0 spiro atoms. The maximum atomic E-state index is 9.97. The second-order valence-corrected chi connectivity index (χ2v) is 5.39. The third-order valence-corrected chi connectivity index (χ3v) is 4.03. The first-order chi connectivity index (χ1) is 9.24. The first-order valence-electron chi connectivity index (χ1n) is 6.88. The van der Waals surface area contributed by atoms with Crippen LogP contribution in [0.1, 0.15) is 25.7 Å². The van der Waals surface area contributed by atoms with Gasteiger partial charge in [0.2, 0.25) is 0 Å². The third kappa shape index (κ3) is 2.51. The Hall–Kier alpha value is -1.75. The van der Waals surface area contributed by atoms with E-state index in [1.54, 1.807) is 6.20 Å². The zero-order valence-corrected chi connectivity index (χ0v) is 10.9. The van der Waals surface area contributed by atoms with Gasteiger partial charge in [-0.15, -0.1) is 0 Å². The van der Waals surface area contributed by atoms with Crippen molar-refractivity contribution >= 4 is 22.3 Å². The molecule has 1 heterocycles. The SMILES string of the molecule is Nc1cc2cn[nH]c2cc1NCC1CCCCC1O. The summed E-state index contributed by atoms with van der Waals surface area (Å²) in [5.74, 6) is 0.325. The van der Waals surface area contributed by atoms with Crippen LogP contribution in [-0.2, 0) is 0 Å². The van der Waals surface area contributed by atoms with Crippen molar-refractivity contribution in [2.75, 3.05) is 17.6 Å². The molecule has 0 radical (unpaired) electrons. The van der Waals surface area contributed by atoms with Gasteiger partial charge in [0, 0.05) is 17.8 Å². The molecule has 1 aromatic heterocycles. The lowest BCUT2D eigenvalue weighted by Crippen LogP contribution is -2.30. The first kappa shape index (κ1) is 12.3. The number of hydrogen-bond acceptors (Lipinski definition) is 4. The van der Waals surface area contributed by atoms with E-state index in [0.717, 1.165) is 48.1 Å². The fourth-order valence-electron chi connectivity index (χ4n) is 2.83. The van der Waals surface area contributed by atoms with E-state index in [1.807, 2.05) is 12.1 Å².